The lowest BCUT2D eigenvalue weighted by molar-refractivity contribution is -0.178. The van der Waals surface area contributed by atoms with Crippen LogP contribution in [-0.4, -0.2) is 101 Å². The molecule has 0 bridgehead atoms. The average molecular weight is 828 g/mol. The molecule has 0 aromatic carbocycles. The van der Waals surface area contributed by atoms with Crippen molar-refractivity contribution in [2.45, 2.75) is 167 Å². The third-order valence-corrected chi connectivity index (χ3v) is 15.0. The van der Waals surface area contributed by atoms with Crippen LogP contribution in [0.4, 0.5) is 4.79 Å². The number of carbonyl (C=O) groups is 5. The lowest BCUT2D eigenvalue weighted by Crippen LogP contribution is -2.35. The van der Waals surface area contributed by atoms with Crippen LogP contribution in [0.15, 0.2) is 24.3 Å². The Bertz CT molecular complexity index is 1300. The molecule has 0 unspecified atom stereocenters. The maximum absolute atomic E-state index is 12.7. The number of amides is 2. The van der Waals surface area contributed by atoms with Crippen LogP contribution in [0.5, 0.6) is 0 Å². The van der Waals surface area contributed by atoms with Crippen LogP contribution in [0, 0.1) is 10.8 Å². The fraction of sp³-hybridized carbons (Fsp3) is 0.775. The molecule has 0 aromatic rings. The molecule has 55 heavy (non-hydrogen) atoms. The van der Waals surface area contributed by atoms with Crippen LogP contribution in [-0.2, 0) is 38.2 Å². The topological polar surface area (TPSA) is 166 Å². The molecule has 3 rings (SSSR count). The first kappa shape index (κ1) is 50.4. The second-order valence-electron chi connectivity index (χ2n) is 19.2. The molecule has 1 saturated heterocycles. The number of nitrogens with zero attached hydrogens (tertiary/aromatic N) is 1. The van der Waals surface area contributed by atoms with Crippen molar-refractivity contribution in [1.82, 2.24) is 5.06 Å². The van der Waals surface area contributed by atoms with Gasteiger partial charge in [0.15, 0.2) is 0 Å². The highest BCUT2D eigenvalue weighted by Crippen LogP contribution is 2.35. The number of hydroxylamine groups is 2. The normalized spacial score (nSPS) is 25.9. The number of imide groups is 1. The molecule has 3 aliphatic rings. The molecule has 2 amide bonds. The van der Waals surface area contributed by atoms with Gasteiger partial charge in [0.2, 0.25) is 0 Å². The molecular formula is C40H73NO11Si3. The van der Waals surface area contributed by atoms with E-state index in [1.54, 1.807) is 6.08 Å². The number of aliphatic hydroxyl groups is 2. The predicted octanol–water partition coefficient (Wildman–Crippen LogP) is 8.27. The molecule has 0 radical (unpaired) electrons. The lowest BCUT2D eigenvalue weighted by Gasteiger charge is -2.30. The minimum atomic E-state index is -1.28. The molecule has 0 spiro atoms. The summed E-state index contributed by atoms with van der Waals surface area (Å²) in [4.78, 5) is 64.7. The first-order chi connectivity index (χ1) is 25.3. The Balaban J connectivity index is 0.000000497. The fourth-order valence-electron chi connectivity index (χ4n) is 5.64. The van der Waals surface area contributed by atoms with Crippen LogP contribution in [0.1, 0.15) is 78.1 Å². The van der Waals surface area contributed by atoms with E-state index in [2.05, 4.69) is 58.9 Å². The first-order valence-electron chi connectivity index (χ1n) is 20.0. The minimum absolute atomic E-state index is 0.0214. The molecule has 1 fully saturated rings. The Morgan fingerprint density at radius 2 is 1.15 bits per heavy atom. The zero-order chi connectivity index (χ0) is 42.1. The Labute approximate surface area is 333 Å². The molecule has 316 valence electrons. The van der Waals surface area contributed by atoms with Crippen LogP contribution >= 0.6 is 0 Å². The van der Waals surface area contributed by atoms with Crippen LogP contribution in [0.25, 0.3) is 0 Å². The van der Waals surface area contributed by atoms with Gasteiger partial charge in [0.05, 0.1) is 30.1 Å². The number of aliphatic hydroxyl groups excluding tert-OH is 2. The largest absolute Gasteiger partial charge is 0.534 e. The smallest absolute Gasteiger partial charge is 0.466 e. The second kappa shape index (κ2) is 23.0. The summed E-state index contributed by atoms with van der Waals surface area (Å²) in [5.41, 5.74) is -1.10. The maximum Gasteiger partial charge on any atom is 0.534 e. The van der Waals surface area contributed by atoms with Crippen molar-refractivity contribution in [3.05, 3.63) is 24.3 Å². The van der Waals surface area contributed by atoms with Crippen molar-refractivity contribution in [2.75, 3.05) is 19.8 Å². The number of allylic oxidation sites excluding steroid dienone is 2. The number of hydrogen-bond donors (Lipinski definition) is 2. The van der Waals surface area contributed by atoms with Gasteiger partial charge in [0.25, 0.3) is 11.8 Å². The monoisotopic (exact) mass is 827 g/mol. The number of esters is 2. The van der Waals surface area contributed by atoms with E-state index < -0.39 is 65.2 Å². The van der Waals surface area contributed by atoms with Gasteiger partial charge in [-0.3, -0.25) is 24.0 Å². The standard InChI is InChI=1S/C20H31NO7Si.C15H28O3Si.C5H14OSi/c1-20(18(24)26-13-14-29(2,3)4)11-6-5-7-15(10-12-20)27-19(25)28-21-16(22)8-9-17(21)23;1-15(9-6-5-7-13(16)8-10-15)14(17)18-11-12-19(2,3)4;1-7(2,3)5-4-6/h5,7,15H,6,8-14H2,1-4H3;5,7,13,16H,6,8-12H2,1-4H3;6H,4-5H2,1-3H3/b2*7-5+;/t15-,20+;13-,15+;/m00./s1. The summed E-state index contributed by atoms with van der Waals surface area (Å²) in [5.74, 6) is -1.43. The molecular weight excluding hydrogens is 755 g/mol. The number of hydrogen-bond acceptors (Lipinski definition) is 11. The van der Waals surface area contributed by atoms with E-state index >= 15 is 0 Å². The lowest BCUT2D eigenvalue weighted by atomic mass is 9.79. The second-order valence-corrected chi connectivity index (χ2v) is 36.1. The van der Waals surface area contributed by atoms with Gasteiger partial charge in [-0.15, -0.1) is 0 Å². The van der Waals surface area contributed by atoms with Crippen molar-refractivity contribution < 1.29 is 53.2 Å². The summed E-state index contributed by atoms with van der Waals surface area (Å²) in [6.07, 6.45) is 10.5. The number of ether oxygens (including phenoxy) is 3. The molecule has 15 heteroatoms. The quantitative estimate of drug-likeness (QED) is 0.0639. The Morgan fingerprint density at radius 3 is 1.56 bits per heavy atom. The van der Waals surface area contributed by atoms with E-state index in [1.807, 2.05) is 32.1 Å². The third-order valence-electron chi connectivity index (χ3n) is 9.84. The Morgan fingerprint density at radius 1 is 0.709 bits per heavy atom. The summed E-state index contributed by atoms with van der Waals surface area (Å²) < 4.78 is 16.3. The van der Waals surface area contributed by atoms with E-state index in [-0.39, 0.29) is 24.8 Å². The van der Waals surface area contributed by atoms with Gasteiger partial charge in [-0.2, -0.15) is 0 Å². The van der Waals surface area contributed by atoms with Crippen LogP contribution in [0.3, 0.4) is 0 Å². The van der Waals surface area contributed by atoms with Crippen molar-refractivity contribution in [3.8, 4) is 0 Å². The van der Waals surface area contributed by atoms with Gasteiger partial charge in [0.1, 0.15) is 6.10 Å². The Hall–Kier alpha value is -2.60. The molecule has 0 saturated carbocycles. The van der Waals surface area contributed by atoms with Crippen molar-refractivity contribution in [2.24, 2.45) is 10.8 Å². The third kappa shape index (κ3) is 21.5. The average Bonchev–Trinajstić information content (AvgIpc) is 3.35. The minimum Gasteiger partial charge on any atom is -0.466 e. The van der Waals surface area contributed by atoms with Crippen LogP contribution < -0.4 is 0 Å². The number of rotatable bonds is 12. The summed E-state index contributed by atoms with van der Waals surface area (Å²) in [7, 11) is -3.34. The molecule has 2 N–H and O–H groups in total. The van der Waals surface area contributed by atoms with Gasteiger partial charge < -0.3 is 24.4 Å². The van der Waals surface area contributed by atoms with Gasteiger partial charge in [-0.1, -0.05) is 82.2 Å². The molecule has 2 aliphatic carbocycles. The van der Waals surface area contributed by atoms with E-state index in [0.29, 0.717) is 63.4 Å². The molecule has 12 nitrogen and oxygen atoms in total. The van der Waals surface area contributed by atoms with Gasteiger partial charge >= 0.3 is 18.1 Å². The summed E-state index contributed by atoms with van der Waals surface area (Å²) in [5, 5.41) is 18.6. The summed E-state index contributed by atoms with van der Waals surface area (Å²) >= 11 is 0. The highest BCUT2D eigenvalue weighted by atomic mass is 28.3. The fourth-order valence-corrected chi connectivity index (χ4v) is 7.74. The molecule has 4 atom stereocenters. The highest BCUT2D eigenvalue weighted by molar-refractivity contribution is 6.76. The molecule has 1 heterocycles. The number of carbonyl (C=O) groups excluding carboxylic acids is 5. The molecule has 0 aromatic heterocycles. The van der Waals surface area contributed by atoms with Crippen molar-refractivity contribution >= 4 is 54.1 Å². The van der Waals surface area contributed by atoms with Gasteiger partial charge in [-0.05, 0) is 89.4 Å². The van der Waals surface area contributed by atoms with Crippen molar-refractivity contribution in [3.63, 3.8) is 0 Å². The Kier molecular flexibility index (Phi) is 21.1. The SMILES string of the molecule is C[C@@]1(C(=O)OCC[Si](C)(C)C)CC/C=C/[C@H](O)CC1.C[C@@]1(C(=O)OCC[Si](C)(C)C)CC/C=C/[C@H](OC(=O)ON2C(=O)CCC2=O)CC1.C[Si](C)(C)CCO. The van der Waals surface area contributed by atoms with E-state index in [1.165, 1.54) is 0 Å². The highest BCUT2D eigenvalue weighted by Gasteiger charge is 2.38. The zero-order valence-corrected chi connectivity index (χ0v) is 38.8. The van der Waals surface area contributed by atoms with E-state index in [4.69, 9.17) is 24.2 Å². The van der Waals surface area contributed by atoms with Gasteiger partial charge in [-0.25, -0.2) is 4.79 Å². The maximum atomic E-state index is 12.7. The van der Waals surface area contributed by atoms with E-state index in [0.717, 1.165) is 31.0 Å². The predicted molar refractivity (Wildman–Crippen MR) is 223 cm³/mol. The van der Waals surface area contributed by atoms with Gasteiger partial charge in [0, 0.05) is 43.7 Å². The zero-order valence-electron chi connectivity index (χ0n) is 35.8. The first-order valence-corrected chi connectivity index (χ1v) is 31.1. The molecule has 1 aliphatic heterocycles. The summed E-state index contributed by atoms with van der Waals surface area (Å²) in [6.45, 7) is 25.5. The summed E-state index contributed by atoms with van der Waals surface area (Å²) in [6, 6.07) is 2.96. The van der Waals surface area contributed by atoms with E-state index in [9.17, 15) is 29.1 Å². The van der Waals surface area contributed by atoms with Crippen LogP contribution in [0.2, 0.25) is 77.1 Å². The van der Waals surface area contributed by atoms with Crippen molar-refractivity contribution in [1.29, 1.82) is 0 Å².